The van der Waals surface area contributed by atoms with E-state index in [1.165, 1.54) is 30.4 Å². The molecule has 2 N–H and O–H groups in total. The van der Waals surface area contributed by atoms with Crippen molar-refractivity contribution in [3.05, 3.63) is 63.7 Å². The highest BCUT2D eigenvalue weighted by molar-refractivity contribution is 7.80. The van der Waals surface area contributed by atoms with Crippen molar-refractivity contribution >= 4 is 28.7 Å². The number of benzene rings is 2. The number of ether oxygens (including phenoxy) is 1. The summed E-state index contributed by atoms with van der Waals surface area (Å²) in [6.07, 6.45) is 3.21. The first kappa shape index (κ1) is 17.2. The lowest BCUT2D eigenvalue weighted by Gasteiger charge is -2.27. The first-order valence-corrected chi connectivity index (χ1v) is 8.47. The van der Waals surface area contributed by atoms with Crippen LogP contribution in [0.2, 0.25) is 0 Å². The predicted octanol–water partition coefficient (Wildman–Crippen LogP) is 3.97. The van der Waals surface area contributed by atoms with E-state index in [9.17, 15) is 10.1 Å². The van der Waals surface area contributed by atoms with Crippen LogP contribution in [0, 0.1) is 10.1 Å². The second kappa shape index (κ2) is 7.48. The summed E-state index contributed by atoms with van der Waals surface area (Å²) in [6, 6.07) is 12.9. The molecule has 0 aliphatic heterocycles. The largest absolute Gasteiger partial charge is 0.494 e. The van der Waals surface area contributed by atoms with E-state index in [-0.39, 0.29) is 11.7 Å². The van der Waals surface area contributed by atoms with Gasteiger partial charge in [-0.3, -0.25) is 10.1 Å². The predicted molar refractivity (Wildman–Crippen MR) is 101 cm³/mol. The molecule has 0 bridgehead atoms. The zero-order valence-electron chi connectivity index (χ0n) is 13.8. The Balaban J connectivity index is 1.72. The number of nitro groups is 1. The van der Waals surface area contributed by atoms with Gasteiger partial charge in [0, 0.05) is 6.07 Å². The van der Waals surface area contributed by atoms with Crippen LogP contribution in [0.5, 0.6) is 5.75 Å². The van der Waals surface area contributed by atoms with Crippen molar-refractivity contribution in [2.45, 2.75) is 25.3 Å². The Morgan fingerprint density at radius 3 is 2.88 bits per heavy atom. The lowest BCUT2D eigenvalue weighted by atomic mass is 9.88. The third kappa shape index (κ3) is 3.88. The quantitative estimate of drug-likeness (QED) is 0.490. The molecule has 1 atom stereocenters. The van der Waals surface area contributed by atoms with Crippen LogP contribution in [0.1, 0.15) is 30.0 Å². The number of aryl methyl sites for hydroxylation is 1. The Kier molecular flexibility index (Phi) is 5.14. The van der Waals surface area contributed by atoms with Gasteiger partial charge in [0.25, 0.3) is 5.69 Å². The summed E-state index contributed by atoms with van der Waals surface area (Å²) in [5.41, 5.74) is 3.19. The van der Waals surface area contributed by atoms with Crippen molar-refractivity contribution in [2.75, 3.05) is 12.4 Å². The molecule has 0 fully saturated rings. The van der Waals surface area contributed by atoms with Gasteiger partial charge in [-0.05, 0) is 48.7 Å². The molecule has 0 heterocycles. The SMILES string of the molecule is COc1cc([N+](=O)[O-])ccc1NC(=S)N[C@H]1CCCc2ccccc21. The molecule has 0 saturated heterocycles. The number of nitrogens with zero attached hydrogens (tertiary/aromatic N) is 1. The second-order valence-electron chi connectivity index (χ2n) is 5.88. The number of nitro benzene ring substituents is 1. The molecule has 2 aromatic carbocycles. The van der Waals surface area contributed by atoms with E-state index in [2.05, 4.69) is 28.8 Å². The highest BCUT2D eigenvalue weighted by Crippen LogP contribution is 2.31. The minimum absolute atomic E-state index is 0.0255. The number of methoxy groups -OCH3 is 1. The van der Waals surface area contributed by atoms with Crippen LogP contribution in [0.4, 0.5) is 11.4 Å². The van der Waals surface area contributed by atoms with Crippen LogP contribution in [0.25, 0.3) is 0 Å². The molecule has 3 rings (SSSR count). The Labute approximate surface area is 151 Å². The smallest absolute Gasteiger partial charge is 0.273 e. The Bertz CT molecular complexity index is 810. The van der Waals surface area contributed by atoms with Crippen LogP contribution in [0.15, 0.2) is 42.5 Å². The number of non-ortho nitro benzene ring substituents is 1. The summed E-state index contributed by atoms with van der Waals surface area (Å²) in [4.78, 5) is 10.4. The summed E-state index contributed by atoms with van der Waals surface area (Å²) in [7, 11) is 1.47. The molecule has 2 aromatic rings. The van der Waals surface area contributed by atoms with Gasteiger partial charge < -0.3 is 15.4 Å². The number of anilines is 1. The maximum Gasteiger partial charge on any atom is 0.273 e. The topological polar surface area (TPSA) is 76.4 Å². The third-order valence-electron chi connectivity index (χ3n) is 4.32. The Hall–Kier alpha value is -2.67. The summed E-state index contributed by atoms with van der Waals surface area (Å²) in [6.45, 7) is 0. The standard InChI is InChI=1S/C18H19N3O3S/c1-24-17-11-13(21(22)23)9-10-16(17)20-18(25)19-15-8-4-6-12-5-2-3-7-14(12)15/h2-3,5,7,9-11,15H,4,6,8H2,1H3,(H2,19,20,25)/t15-/m0/s1. The van der Waals surface area contributed by atoms with Crippen molar-refractivity contribution < 1.29 is 9.66 Å². The van der Waals surface area contributed by atoms with Crippen molar-refractivity contribution in [3.8, 4) is 5.75 Å². The lowest BCUT2D eigenvalue weighted by molar-refractivity contribution is -0.384. The average molecular weight is 357 g/mol. The van der Waals surface area contributed by atoms with E-state index in [1.54, 1.807) is 6.07 Å². The van der Waals surface area contributed by atoms with Crippen molar-refractivity contribution in [2.24, 2.45) is 0 Å². The summed E-state index contributed by atoms with van der Waals surface area (Å²) < 4.78 is 5.23. The molecule has 6 nitrogen and oxygen atoms in total. The van der Waals surface area contributed by atoms with Crippen LogP contribution in [0.3, 0.4) is 0 Å². The van der Waals surface area contributed by atoms with E-state index in [0.29, 0.717) is 16.5 Å². The molecular weight excluding hydrogens is 338 g/mol. The molecule has 0 saturated carbocycles. The lowest BCUT2D eigenvalue weighted by Crippen LogP contribution is -2.34. The fraction of sp³-hybridized carbons (Fsp3) is 0.278. The maximum atomic E-state index is 10.9. The number of hydrogen-bond donors (Lipinski definition) is 2. The maximum absolute atomic E-state index is 10.9. The van der Waals surface area contributed by atoms with Gasteiger partial charge in [-0.2, -0.15) is 0 Å². The number of rotatable bonds is 4. The van der Waals surface area contributed by atoms with Crippen molar-refractivity contribution in [1.29, 1.82) is 0 Å². The number of thiocarbonyl (C=S) groups is 1. The van der Waals surface area contributed by atoms with Crippen LogP contribution in [-0.2, 0) is 6.42 Å². The number of nitrogens with one attached hydrogen (secondary N) is 2. The third-order valence-corrected chi connectivity index (χ3v) is 4.54. The average Bonchev–Trinajstić information content (AvgIpc) is 2.62. The monoisotopic (exact) mass is 357 g/mol. The fourth-order valence-corrected chi connectivity index (χ4v) is 3.37. The summed E-state index contributed by atoms with van der Waals surface area (Å²) in [5.74, 6) is 0.377. The van der Waals surface area contributed by atoms with E-state index in [4.69, 9.17) is 17.0 Å². The van der Waals surface area contributed by atoms with Crippen molar-refractivity contribution in [1.82, 2.24) is 5.32 Å². The van der Waals surface area contributed by atoms with Gasteiger partial charge in [0.15, 0.2) is 5.11 Å². The fourth-order valence-electron chi connectivity index (χ4n) is 3.12. The number of fused-ring (bicyclic) bond motifs is 1. The first-order chi connectivity index (χ1) is 12.1. The van der Waals surface area contributed by atoms with Crippen molar-refractivity contribution in [3.63, 3.8) is 0 Å². The first-order valence-electron chi connectivity index (χ1n) is 8.06. The number of hydrogen-bond acceptors (Lipinski definition) is 4. The molecular formula is C18H19N3O3S. The zero-order valence-corrected chi connectivity index (χ0v) is 14.6. The molecule has 7 heteroatoms. The van der Waals surface area contributed by atoms with Crippen LogP contribution >= 0.6 is 12.2 Å². The van der Waals surface area contributed by atoms with E-state index in [0.717, 1.165) is 19.3 Å². The summed E-state index contributed by atoms with van der Waals surface area (Å²) >= 11 is 5.43. The minimum atomic E-state index is -0.457. The van der Waals surface area contributed by atoms with E-state index in [1.807, 2.05) is 6.07 Å². The molecule has 25 heavy (non-hydrogen) atoms. The molecule has 1 aliphatic rings. The Morgan fingerprint density at radius 2 is 2.12 bits per heavy atom. The second-order valence-corrected chi connectivity index (χ2v) is 6.29. The van der Waals surface area contributed by atoms with E-state index >= 15 is 0 Å². The molecule has 0 aromatic heterocycles. The Morgan fingerprint density at radius 1 is 1.32 bits per heavy atom. The van der Waals surface area contributed by atoms with Gasteiger partial charge in [-0.25, -0.2) is 0 Å². The van der Waals surface area contributed by atoms with Crippen LogP contribution in [-0.4, -0.2) is 17.1 Å². The van der Waals surface area contributed by atoms with Gasteiger partial charge in [0.2, 0.25) is 0 Å². The normalized spacial score (nSPS) is 15.8. The molecule has 130 valence electrons. The molecule has 0 radical (unpaired) electrons. The van der Waals surface area contributed by atoms with Gasteiger partial charge in [0.05, 0.1) is 29.8 Å². The minimum Gasteiger partial charge on any atom is -0.494 e. The van der Waals surface area contributed by atoms with Gasteiger partial charge >= 0.3 is 0 Å². The van der Waals surface area contributed by atoms with E-state index < -0.39 is 4.92 Å². The van der Waals surface area contributed by atoms with Gasteiger partial charge in [-0.15, -0.1) is 0 Å². The van der Waals surface area contributed by atoms with Gasteiger partial charge in [0.1, 0.15) is 5.75 Å². The molecule has 0 amide bonds. The highest BCUT2D eigenvalue weighted by atomic mass is 32.1. The molecule has 0 spiro atoms. The summed E-state index contributed by atoms with van der Waals surface area (Å²) in [5, 5.41) is 17.8. The highest BCUT2D eigenvalue weighted by Gasteiger charge is 2.20. The van der Waals surface area contributed by atoms with Gasteiger partial charge in [-0.1, -0.05) is 24.3 Å². The van der Waals surface area contributed by atoms with Crippen LogP contribution < -0.4 is 15.4 Å². The molecule has 0 unspecified atom stereocenters. The molecule has 1 aliphatic carbocycles. The zero-order chi connectivity index (χ0) is 17.8.